The molecule has 158 valence electrons. The monoisotopic (exact) mass is 399 g/mol. The fourth-order valence-corrected chi connectivity index (χ4v) is 4.05. The molecule has 1 saturated carbocycles. The van der Waals surface area contributed by atoms with E-state index in [-0.39, 0.29) is 11.8 Å². The number of nitrogens with zero attached hydrogens (tertiary/aromatic N) is 3. The number of rotatable bonds is 8. The minimum Gasteiger partial charge on any atom is -0.494 e. The number of piperazine rings is 1. The molecule has 6 nitrogen and oxygen atoms in total. The van der Waals surface area contributed by atoms with E-state index in [4.69, 9.17) is 4.74 Å². The van der Waals surface area contributed by atoms with Crippen LogP contribution in [0.2, 0.25) is 0 Å². The first kappa shape index (κ1) is 20.0. The molecule has 2 aliphatic rings. The number of benzene rings is 1. The maximum atomic E-state index is 10.2. The Balaban J connectivity index is 1.26. The second-order valence-corrected chi connectivity index (χ2v) is 8.45. The maximum Gasteiger partial charge on any atom is 0.197 e. The molecule has 1 aliphatic heterocycles. The van der Waals surface area contributed by atoms with Gasteiger partial charge in [0.15, 0.2) is 11.8 Å². The van der Waals surface area contributed by atoms with Gasteiger partial charge >= 0.3 is 0 Å². The molecule has 1 aromatic heterocycles. The van der Waals surface area contributed by atoms with E-state index in [1.54, 1.807) is 4.57 Å². The number of anilines is 1. The highest BCUT2D eigenvalue weighted by atomic mass is 16.5. The van der Waals surface area contributed by atoms with Crippen LogP contribution in [0, 0.1) is 19.8 Å². The van der Waals surface area contributed by atoms with Gasteiger partial charge < -0.3 is 19.8 Å². The van der Waals surface area contributed by atoms with Gasteiger partial charge in [-0.15, -0.1) is 0 Å². The summed E-state index contributed by atoms with van der Waals surface area (Å²) in [5, 5.41) is 20.4. The van der Waals surface area contributed by atoms with Crippen LogP contribution in [0.25, 0.3) is 0 Å². The standard InChI is InChI=1S/C23H33N3O3/c1-17-18(2)23(28)26(22(17)27)11-5-10-24-12-14-25(15-13-24)20-6-3-4-7-21(20)29-16-19-8-9-19/h3-4,6-7,19,27-28H,5,8-16H2,1-2H3. The highest BCUT2D eigenvalue weighted by Gasteiger charge is 2.24. The van der Waals surface area contributed by atoms with E-state index in [9.17, 15) is 10.2 Å². The van der Waals surface area contributed by atoms with Crippen molar-refractivity contribution >= 4 is 5.69 Å². The van der Waals surface area contributed by atoms with Crippen molar-refractivity contribution in [3.05, 3.63) is 35.4 Å². The molecule has 2 fully saturated rings. The molecule has 29 heavy (non-hydrogen) atoms. The van der Waals surface area contributed by atoms with Gasteiger partial charge in [0.1, 0.15) is 5.75 Å². The number of aromatic hydroxyl groups is 2. The molecule has 1 aliphatic carbocycles. The lowest BCUT2D eigenvalue weighted by molar-refractivity contribution is 0.244. The average molecular weight is 400 g/mol. The predicted octanol–water partition coefficient (Wildman–Crippen LogP) is 3.52. The smallest absolute Gasteiger partial charge is 0.197 e. The number of hydrogen-bond donors (Lipinski definition) is 2. The van der Waals surface area contributed by atoms with Gasteiger partial charge in [0.25, 0.3) is 0 Å². The molecule has 1 aromatic carbocycles. The summed E-state index contributed by atoms with van der Waals surface area (Å²) in [5.41, 5.74) is 2.73. The number of ether oxygens (including phenoxy) is 1. The Morgan fingerprint density at radius 3 is 2.24 bits per heavy atom. The van der Waals surface area contributed by atoms with Crippen LogP contribution in [-0.2, 0) is 6.54 Å². The largest absolute Gasteiger partial charge is 0.494 e. The van der Waals surface area contributed by atoms with E-state index in [2.05, 4.69) is 34.1 Å². The van der Waals surface area contributed by atoms with Gasteiger partial charge in [0, 0.05) is 43.9 Å². The summed E-state index contributed by atoms with van der Waals surface area (Å²) in [6.07, 6.45) is 3.51. The summed E-state index contributed by atoms with van der Waals surface area (Å²) >= 11 is 0. The molecular weight excluding hydrogens is 366 g/mol. The first-order valence-corrected chi connectivity index (χ1v) is 10.8. The van der Waals surface area contributed by atoms with Crippen LogP contribution in [0.4, 0.5) is 5.69 Å². The van der Waals surface area contributed by atoms with E-state index in [0.29, 0.717) is 6.54 Å². The third-order valence-electron chi connectivity index (χ3n) is 6.35. The van der Waals surface area contributed by atoms with Gasteiger partial charge in [-0.1, -0.05) is 12.1 Å². The number of aromatic nitrogens is 1. The molecule has 0 unspecified atom stereocenters. The van der Waals surface area contributed by atoms with E-state index >= 15 is 0 Å². The Bertz CT molecular complexity index is 811. The molecule has 0 spiro atoms. The Morgan fingerprint density at radius 1 is 0.931 bits per heavy atom. The number of hydrogen-bond acceptors (Lipinski definition) is 5. The highest BCUT2D eigenvalue weighted by Crippen LogP contribution is 2.34. The zero-order chi connectivity index (χ0) is 20.4. The van der Waals surface area contributed by atoms with Crippen LogP contribution in [0.3, 0.4) is 0 Å². The molecule has 2 heterocycles. The van der Waals surface area contributed by atoms with Crippen LogP contribution in [0.5, 0.6) is 17.5 Å². The highest BCUT2D eigenvalue weighted by molar-refractivity contribution is 5.58. The zero-order valence-corrected chi connectivity index (χ0v) is 17.6. The molecule has 2 aromatic rings. The lowest BCUT2D eigenvalue weighted by atomic mass is 10.2. The van der Waals surface area contributed by atoms with Crippen LogP contribution < -0.4 is 9.64 Å². The summed E-state index contributed by atoms with van der Waals surface area (Å²) in [6.45, 7) is 10.1. The molecule has 0 radical (unpaired) electrons. The second kappa shape index (κ2) is 8.57. The summed E-state index contributed by atoms with van der Waals surface area (Å²) in [4.78, 5) is 4.89. The Morgan fingerprint density at radius 2 is 1.59 bits per heavy atom. The SMILES string of the molecule is Cc1c(C)c(O)n(CCCN2CCN(c3ccccc3OCC3CC3)CC2)c1O. The van der Waals surface area contributed by atoms with E-state index < -0.39 is 0 Å². The predicted molar refractivity (Wildman–Crippen MR) is 115 cm³/mol. The van der Waals surface area contributed by atoms with Gasteiger partial charge in [-0.3, -0.25) is 9.47 Å². The second-order valence-electron chi connectivity index (χ2n) is 8.45. The first-order valence-electron chi connectivity index (χ1n) is 10.8. The third-order valence-corrected chi connectivity index (χ3v) is 6.35. The zero-order valence-electron chi connectivity index (χ0n) is 17.6. The van der Waals surface area contributed by atoms with Crippen molar-refractivity contribution in [2.45, 2.75) is 39.7 Å². The van der Waals surface area contributed by atoms with E-state index in [1.807, 2.05) is 13.8 Å². The molecule has 0 bridgehead atoms. The summed E-state index contributed by atoms with van der Waals surface area (Å²) < 4.78 is 7.70. The van der Waals surface area contributed by atoms with E-state index in [0.717, 1.165) is 68.5 Å². The summed E-state index contributed by atoms with van der Waals surface area (Å²) in [6, 6.07) is 8.40. The lowest BCUT2D eigenvalue weighted by Gasteiger charge is -2.36. The van der Waals surface area contributed by atoms with Gasteiger partial charge in [0.2, 0.25) is 0 Å². The minimum absolute atomic E-state index is 0.188. The van der Waals surface area contributed by atoms with Crippen molar-refractivity contribution in [1.29, 1.82) is 0 Å². The Hall–Kier alpha value is -2.34. The van der Waals surface area contributed by atoms with Gasteiger partial charge in [0.05, 0.1) is 12.3 Å². The third kappa shape index (κ3) is 4.47. The molecule has 2 N–H and O–H groups in total. The van der Waals surface area contributed by atoms with Gasteiger partial charge in [-0.05, 0) is 57.7 Å². The Kier molecular flexibility index (Phi) is 5.90. The molecule has 1 saturated heterocycles. The van der Waals surface area contributed by atoms with Crippen LogP contribution >= 0.6 is 0 Å². The molecule has 0 atom stereocenters. The van der Waals surface area contributed by atoms with Crippen molar-refractivity contribution < 1.29 is 14.9 Å². The Labute approximate surface area is 173 Å². The number of para-hydroxylation sites is 2. The molecule has 0 amide bonds. The van der Waals surface area contributed by atoms with Crippen LogP contribution in [0.15, 0.2) is 24.3 Å². The van der Waals surface area contributed by atoms with Crippen molar-refractivity contribution in [2.75, 3.05) is 44.2 Å². The quantitative estimate of drug-likeness (QED) is 0.711. The lowest BCUT2D eigenvalue weighted by Crippen LogP contribution is -2.46. The summed E-state index contributed by atoms with van der Waals surface area (Å²) in [5.74, 6) is 2.14. The maximum absolute atomic E-state index is 10.2. The van der Waals surface area contributed by atoms with Crippen molar-refractivity contribution in [1.82, 2.24) is 9.47 Å². The molecular formula is C23H33N3O3. The fourth-order valence-electron chi connectivity index (χ4n) is 4.05. The minimum atomic E-state index is 0.188. The average Bonchev–Trinajstić information content (AvgIpc) is 3.56. The summed E-state index contributed by atoms with van der Waals surface area (Å²) in [7, 11) is 0. The van der Waals surface area contributed by atoms with Crippen molar-refractivity contribution in [2.24, 2.45) is 5.92 Å². The molecule has 4 rings (SSSR count). The normalized spacial score (nSPS) is 17.7. The van der Waals surface area contributed by atoms with Crippen molar-refractivity contribution in [3.63, 3.8) is 0 Å². The fraction of sp³-hybridized carbons (Fsp3) is 0.565. The molecule has 6 heteroatoms. The topological polar surface area (TPSA) is 61.1 Å². The van der Waals surface area contributed by atoms with Gasteiger partial charge in [-0.2, -0.15) is 0 Å². The first-order chi connectivity index (χ1) is 14.0. The van der Waals surface area contributed by atoms with Crippen LogP contribution in [0.1, 0.15) is 30.4 Å². The van der Waals surface area contributed by atoms with Gasteiger partial charge in [-0.25, -0.2) is 0 Å². The van der Waals surface area contributed by atoms with Crippen molar-refractivity contribution in [3.8, 4) is 17.5 Å². The van der Waals surface area contributed by atoms with E-state index in [1.165, 1.54) is 18.5 Å². The van der Waals surface area contributed by atoms with Crippen LogP contribution in [-0.4, -0.2) is 59.0 Å².